The molecular weight excluding hydrogens is 484 g/mol. The summed E-state index contributed by atoms with van der Waals surface area (Å²) in [6.45, 7) is 5.14. The minimum absolute atomic E-state index is 0.290. The summed E-state index contributed by atoms with van der Waals surface area (Å²) in [5, 5.41) is 9.62. The third kappa shape index (κ3) is 4.46. The Kier molecular flexibility index (Phi) is 6.39. The fraction of sp³-hybridized carbons (Fsp3) is 0.242. The highest BCUT2D eigenvalue weighted by molar-refractivity contribution is 5.95. The maximum atomic E-state index is 11.7. The van der Waals surface area contributed by atoms with Crippen LogP contribution < -0.4 is 0 Å². The zero-order chi connectivity index (χ0) is 27.1. The Labute approximate surface area is 228 Å². The summed E-state index contributed by atoms with van der Waals surface area (Å²) in [7, 11) is 2.07. The number of carboxylic acids is 1. The second-order valence-corrected chi connectivity index (χ2v) is 10.4. The lowest BCUT2D eigenvalue weighted by atomic mass is 9.90. The number of nitrogens with zero attached hydrogens (tertiary/aromatic N) is 4. The first-order valence-electron chi connectivity index (χ1n) is 13.6. The number of imidazole rings is 2. The van der Waals surface area contributed by atoms with Gasteiger partial charge in [-0.25, -0.2) is 14.8 Å². The third-order valence-corrected chi connectivity index (χ3v) is 7.72. The molecule has 39 heavy (non-hydrogen) atoms. The number of fused-ring (bicyclic) bond motifs is 2. The van der Waals surface area contributed by atoms with Crippen molar-refractivity contribution in [1.82, 2.24) is 19.1 Å². The van der Waals surface area contributed by atoms with Crippen LogP contribution in [0.1, 0.15) is 47.1 Å². The van der Waals surface area contributed by atoms with Gasteiger partial charge in [0.05, 0.1) is 27.6 Å². The molecule has 196 valence electrons. The van der Waals surface area contributed by atoms with Gasteiger partial charge >= 0.3 is 5.97 Å². The molecule has 1 unspecified atom stereocenters. The summed E-state index contributed by atoms with van der Waals surface area (Å²) >= 11 is 0. The molecule has 1 aliphatic carbocycles. The fourth-order valence-electron chi connectivity index (χ4n) is 5.75. The van der Waals surface area contributed by atoms with E-state index in [-0.39, 0.29) is 0 Å². The van der Waals surface area contributed by atoms with E-state index in [1.165, 1.54) is 0 Å². The maximum Gasteiger partial charge on any atom is 0.336 e. The van der Waals surface area contributed by atoms with Crippen molar-refractivity contribution in [2.24, 2.45) is 13.0 Å². The summed E-state index contributed by atoms with van der Waals surface area (Å²) < 4.78 is 4.55. The lowest BCUT2D eigenvalue weighted by Gasteiger charge is -2.20. The Bertz CT molecular complexity index is 1790. The Morgan fingerprint density at radius 1 is 1.05 bits per heavy atom. The van der Waals surface area contributed by atoms with E-state index in [2.05, 4.69) is 72.5 Å². The van der Waals surface area contributed by atoms with Crippen LogP contribution in [0.2, 0.25) is 0 Å². The van der Waals surface area contributed by atoms with Crippen LogP contribution in [0.4, 0.5) is 0 Å². The first kappa shape index (κ1) is 24.9. The van der Waals surface area contributed by atoms with Crippen molar-refractivity contribution in [3.05, 3.63) is 101 Å². The Morgan fingerprint density at radius 3 is 2.59 bits per heavy atom. The molecule has 0 radical (unpaired) electrons. The second kappa shape index (κ2) is 10.0. The van der Waals surface area contributed by atoms with Crippen molar-refractivity contribution in [2.75, 3.05) is 0 Å². The van der Waals surface area contributed by atoms with E-state index in [1.807, 2.05) is 24.3 Å². The predicted molar refractivity (Wildman–Crippen MR) is 157 cm³/mol. The molecule has 0 bridgehead atoms. The van der Waals surface area contributed by atoms with Gasteiger partial charge < -0.3 is 14.2 Å². The van der Waals surface area contributed by atoms with Crippen LogP contribution in [0.25, 0.3) is 39.0 Å². The summed E-state index contributed by atoms with van der Waals surface area (Å²) in [4.78, 5) is 21.8. The molecule has 6 heteroatoms. The van der Waals surface area contributed by atoms with E-state index < -0.39 is 5.97 Å². The van der Waals surface area contributed by atoms with Gasteiger partial charge in [-0.1, -0.05) is 55.5 Å². The van der Waals surface area contributed by atoms with Crippen molar-refractivity contribution in [1.29, 1.82) is 0 Å². The molecular formula is C33H32N4O2. The van der Waals surface area contributed by atoms with Gasteiger partial charge in [0.15, 0.2) is 0 Å². The molecule has 0 spiro atoms. The van der Waals surface area contributed by atoms with Gasteiger partial charge in [0, 0.05) is 25.6 Å². The first-order chi connectivity index (χ1) is 18.9. The molecule has 6 rings (SSSR count). The molecule has 1 atom stereocenters. The highest BCUT2D eigenvalue weighted by Crippen LogP contribution is 2.32. The molecule has 3 aromatic carbocycles. The van der Waals surface area contributed by atoms with Crippen molar-refractivity contribution in [3.63, 3.8) is 0 Å². The number of carbonyl (C=O) groups is 1. The summed E-state index contributed by atoms with van der Waals surface area (Å²) in [6.07, 6.45) is 9.24. The van der Waals surface area contributed by atoms with E-state index in [1.54, 1.807) is 12.1 Å². The van der Waals surface area contributed by atoms with Crippen LogP contribution in [0.15, 0.2) is 78.9 Å². The average molecular weight is 517 g/mol. The van der Waals surface area contributed by atoms with Crippen molar-refractivity contribution >= 4 is 33.6 Å². The lowest BCUT2D eigenvalue weighted by molar-refractivity contribution is 0.0696. The van der Waals surface area contributed by atoms with Crippen molar-refractivity contribution < 1.29 is 9.90 Å². The molecule has 6 nitrogen and oxygen atoms in total. The minimum Gasteiger partial charge on any atom is -0.478 e. The van der Waals surface area contributed by atoms with Crippen LogP contribution in [0, 0.1) is 12.8 Å². The highest BCUT2D eigenvalue weighted by atomic mass is 16.4. The number of hydrogen-bond acceptors (Lipinski definition) is 3. The van der Waals surface area contributed by atoms with Crippen LogP contribution >= 0.6 is 0 Å². The first-order valence-corrected chi connectivity index (χ1v) is 13.6. The van der Waals surface area contributed by atoms with E-state index >= 15 is 0 Å². The summed E-state index contributed by atoms with van der Waals surface area (Å²) in [5.74, 6) is 1.45. The average Bonchev–Trinajstić information content (AvgIpc) is 3.47. The van der Waals surface area contributed by atoms with E-state index in [0.29, 0.717) is 11.5 Å². The topological polar surface area (TPSA) is 72.9 Å². The number of allylic oxidation sites excluding steroid dienone is 4. The number of aromatic carboxylic acids is 1. The monoisotopic (exact) mass is 516 g/mol. The molecule has 0 amide bonds. The molecule has 0 saturated heterocycles. The molecule has 0 aliphatic heterocycles. The van der Waals surface area contributed by atoms with E-state index in [9.17, 15) is 9.90 Å². The van der Waals surface area contributed by atoms with Gasteiger partial charge in [0.1, 0.15) is 11.6 Å². The molecule has 0 saturated carbocycles. The summed E-state index contributed by atoms with van der Waals surface area (Å²) in [5.41, 5.74) is 8.61. The molecule has 0 fully saturated rings. The lowest BCUT2D eigenvalue weighted by Crippen LogP contribution is -2.13. The maximum absolute atomic E-state index is 11.7. The van der Waals surface area contributed by atoms with Gasteiger partial charge in [0.25, 0.3) is 0 Å². The molecule has 1 N–H and O–H groups in total. The Hall–Kier alpha value is -4.45. The van der Waals surface area contributed by atoms with Crippen LogP contribution in [0.5, 0.6) is 0 Å². The van der Waals surface area contributed by atoms with Gasteiger partial charge in [0.2, 0.25) is 0 Å². The molecule has 1 aliphatic rings. The van der Waals surface area contributed by atoms with Crippen LogP contribution in [-0.2, 0) is 20.0 Å². The Morgan fingerprint density at radius 2 is 1.85 bits per heavy atom. The number of hydrogen-bond donors (Lipinski definition) is 1. The quantitative estimate of drug-likeness (QED) is 0.248. The predicted octanol–water partition coefficient (Wildman–Crippen LogP) is 7.21. The molecule has 2 heterocycles. The molecule has 5 aromatic rings. The van der Waals surface area contributed by atoms with Gasteiger partial charge in [-0.3, -0.25) is 0 Å². The largest absolute Gasteiger partial charge is 0.478 e. The van der Waals surface area contributed by atoms with E-state index in [0.717, 1.165) is 81.8 Å². The van der Waals surface area contributed by atoms with E-state index in [4.69, 9.17) is 9.97 Å². The summed E-state index contributed by atoms with van der Waals surface area (Å²) in [6, 6.07) is 19.9. The number of aromatic nitrogens is 4. The normalized spacial score (nSPS) is 15.3. The second-order valence-electron chi connectivity index (χ2n) is 10.4. The smallest absolute Gasteiger partial charge is 0.336 e. The molecule has 2 aromatic heterocycles. The highest BCUT2D eigenvalue weighted by Gasteiger charge is 2.20. The number of carboxylic acid groups (broad SMARTS) is 1. The standard InChI is InChI=1S/C33H32N4O2/c1-4-9-30-35-31-21(2)18-24(32-34-27-12-7-8-13-28(27)36(32)3)19-29(31)37(30)20-22-14-16-23(17-15-22)25-10-5-6-11-26(25)33(38)39/h5-8,10-14,16-19,22H,4,9,15,20H2,1-3H3,(H,38,39). The van der Waals surface area contributed by atoms with Gasteiger partial charge in [-0.15, -0.1) is 0 Å². The minimum atomic E-state index is -0.900. The SMILES string of the molecule is CCCc1nc2c(C)cc(-c3nc4ccccc4n3C)cc2n1CC1C=CC(c2ccccc2C(=O)O)=CC1. The zero-order valence-corrected chi connectivity index (χ0v) is 22.6. The Balaban J connectivity index is 1.36. The fourth-order valence-corrected chi connectivity index (χ4v) is 5.75. The van der Waals surface area contributed by atoms with Gasteiger partial charge in [-0.2, -0.15) is 0 Å². The zero-order valence-electron chi connectivity index (χ0n) is 22.6. The van der Waals surface area contributed by atoms with Crippen molar-refractivity contribution in [2.45, 2.75) is 39.7 Å². The van der Waals surface area contributed by atoms with Crippen LogP contribution in [0.3, 0.4) is 0 Å². The number of aryl methyl sites for hydroxylation is 3. The third-order valence-electron chi connectivity index (χ3n) is 7.72. The number of benzene rings is 3. The number of rotatable bonds is 7. The van der Waals surface area contributed by atoms with Crippen LogP contribution in [-0.4, -0.2) is 30.2 Å². The van der Waals surface area contributed by atoms with Gasteiger partial charge in [-0.05, 0) is 72.7 Å². The number of para-hydroxylation sites is 2. The van der Waals surface area contributed by atoms with Crippen molar-refractivity contribution in [3.8, 4) is 11.4 Å².